The second-order valence-electron chi connectivity index (χ2n) is 10.4. The molecule has 218 valence electrons. The number of imidazole rings is 1. The van der Waals surface area contributed by atoms with Crippen LogP contribution in [0.5, 0.6) is 0 Å². The first kappa shape index (κ1) is 28.8. The van der Waals surface area contributed by atoms with Crippen LogP contribution < -0.4 is 5.32 Å². The summed E-state index contributed by atoms with van der Waals surface area (Å²) in [4.78, 5) is 20.2. The Morgan fingerprint density at radius 2 is 1.68 bits per heavy atom. The molecule has 1 aliphatic heterocycles. The molecule has 1 aromatic carbocycles. The normalized spacial score (nSPS) is 16.0. The molecule has 3 aromatic heterocycles. The predicted octanol–water partition coefficient (Wildman–Crippen LogP) is 6.04. The van der Waals surface area contributed by atoms with Gasteiger partial charge in [0.05, 0.1) is 11.7 Å². The Hall–Kier alpha value is -3.71. The Bertz CT molecular complexity index is 1530. The third-order valence-corrected chi connectivity index (χ3v) is 7.33. The number of hydrogen-bond acceptors (Lipinski definition) is 7. The van der Waals surface area contributed by atoms with Crippen molar-refractivity contribution in [3.8, 4) is 11.3 Å². The second-order valence-corrected chi connectivity index (χ2v) is 10.4. The van der Waals surface area contributed by atoms with Crippen molar-refractivity contribution in [2.75, 3.05) is 38.0 Å². The van der Waals surface area contributed by atoms with Crippen molar-refractivity contribution in [1.82, 2.24) is 34.3 Å². The Balaban J connectivity index is 1.40. The van der Waals surface area contributed by atoms with Crippen LogP contribution in [0.1, 0.15) is 44.2 Å². The largest absolute Gasteiger partial charge is 0.408 e. The quantitative estimate of drug-likeness (QED) is 0.270. The summed E-state index contributed by atoms with van der Waals surface area (Å²) in [5.74, 6) is -0.611. The molecule has 8 nitrogen and oxygen atoms in total. The lowest BCUT2D eigenvalue weighted by molar-refractivity contribution is -0.190. The number of aromatic nitrogens is 5. The highest BCUT2D eigenvalue weighted by Gasteiger charge is 2.45. The molecule has 1 N–H and O–H groups in total. The predicted molar refractivity (Wildman–Crippen MR) is 146 cm³/mol. The third-order valence-electron chi connectivity index (χ3n) is 7.33. The molecule has 4 aromatic rings. The fourth-order valence-corrected chi connectivity index (χ4v) is 5.39. The minimum Gasteiger partial charge on any atom is -0.326 e. The summed E-state index contributed by atoms with van der Waals surface area (Å²) in [5, 5.41) is 2.81. The van der Waals surface area contributed by atoms with Crippen molar-refractivity contribution in [3.63, 3.8) is 0 Å². The van der Waals surface area contributed by atoms with Crippen molar-refractivity contribution in [3.05, 3.63) is 59.7 Å². The number of piperazine rings is 1. The number of fused-ring (bicyclic) bond motifs is 1. The zero-order valence-electron chi connectivity index (χ0n) is 23.2. The average molecular weight is 575 g/mol. The summed E-state index contributed by atoms with van der Waals surface area (Å²) in [6.07, 6.45) is -2.35. The number of nitrogens with zero attached hydrogens (tertiary/aromatic N) is 7. The van der Waals surface area contributed by atoms with Crippen LogP contribution in [-0.4, -0.2) is 73.2 Å². The SMILES string of the molecule is CCN1CCN(C(c2ccc(Nc3ncc(F)c(-c4cc(F)c5nc(C)n(C(C)C)c5c4)n3)nc2)C(F)(F)F)CC1. The van der Waals surface area contributed by atoms with E-state index in [4.69, 9.17) is 0 Å². The van der Waals surface area contributed by atoms with E-state index < -0.39 is 23.9 Å². The van der Waals surface area contributed by atoms with Crippen LogP contribution in [0.25, 0.3) is 22.3 Å². The van der Waals surface area contributed by atoms with Gasteiger partial charge in [-0.3, -0.25) is 4.90 Å². The summed E-state index contributed by atoms with van der Waals surface area (Å²) in [6, 6.07) is 3.78. The molecule has 1 atom stereocenters. The number of halogens is 5. The highest BCUT2D eigenvalue weighted by atomic mass is 19.4. The maximum Gasteiger partial charge on any atom is 0.408 e. The second kappa shape index (κ2) is 11.3. The average Bonchev–Trinajstić information content (AvgIpc) is 3.27. The van der Waals surface area contributed by atoms with Gasteiger partial charge in [0.2, 0.25) is 5.95 Å². The van der Waals surface area contributed by atoms with Gasteiger partial charge in [-0.1, -0.05) is 13.0 Å². The van der Waals surface area contributed by atoms with Gasteiger partial charge in [-0.05, 0) is 51.1 Å². The van der Waals surface area contributed by atoms with E-state index in [1.54, 1.807) is 13.0 Å². The van der Waals surface area contributed by atoms with E-state index in [1.165, 1.54) is 29.3 Å². The van der Waals surface area contributed by atoms with Crippen LogP contribution in [-0.2, 0) is 0 Å². The van der Waals surface area contributed by atoms with Crippen molar-refractivity contribution >= 4 is 22.8 Å². The van der Waals surface area contributed by atoms with E-state index in [-0.39, 0.29) is 40.1 Å². The van der Waals surface area contributed by atoms with Crippen LogP contribution in [0.15, 0.2) is 36.7 Å². The Morgan fingerprint density at radius 3 is 2.29 bits per heavy atom. The molecule has 0 amide bonds. The standard InChI is InChI=1S/C28H31F5N8/c1-5-39-8-10-40(11-9-39)26(28(31,32)33)18-6-7-23(34-14-18)37-27-35-15-21(30)24(38-27)19-12-20(29)25-22(13-19)41(16(2)3)17(4)36-25/h6-7,12-16,26H,5,8-11H2,1-4H3,(H,34,35,37,38). The smallest absolute Gasteiger partial charge is 0.326 e. The van der Waals surface area contributed by atoms with Crippen molar-refractivity contribution in [1.29, 1.82) is 0 Å². The zero-order chi connectivity index (χ0) is 29.5. The molecular formula is C28H31F5N8. The maximum absolute atomic E-state index is 15.0. The van der Waals surface area contributed by atoms with Crippen LogP contribution in [0.3, 0.4) is 0 Å². The Kier molecular flexibility index (Phi) is 7.93. The molecule has 41 heavy (non-hydrogen) atoms. The highest BCUT2D eigenvalue weighted by Crippen LogP contribution is 2.38. The lowest BCUT2D eigenvalue weighted by Gasteiger charge is -2.39. The monoisotopic (exact) mass is 574 g/mol. The van der Waals surface area contributed by atoms with Crippen molar-refractivity contribution < 1.29 is 22.0 Å². The number of likely N-dealkylation sites (N-methyl/N-ethyl adjacent to an activating group) is 1. The van der Waals surface area contributed by atoms with Crippen LogP contribution >= 0.6 is 0 Å². The van der Waals surface area contributed by atoms with Crippen molar-refractivity contribution in [2.24, 2.45) is 0 Å². The molecule has 1 saturated heterocycles. The number of benzene rings is 1. The number of alkyl halides is 3. The lowest BCUT2D eigenvalue weighted by atomic mass is 10.1. The molecule has 4 heterocycles. The van der Waals surface area contributed by atoms with Gasteiger partial charge in [0.25, 0.3) is 0 Å². The van der Waals surface area contributed by atoms with Crippen LogP contribution in [0.2, 0.25) is 0 Å². The number of nitrogens with one attached hydrogen (secondary N) is 1. The van der Waals surface area contributed by atoms with Gasteiger partial charge in [-0.25, -0.2) is 28.7 Å². The van der Waals surface area contributed by atoms with Crippen molar-refractivity contribution in [2.45, 2.75) is 46.0 Å². The summed E-state index contributed by atoms with van der Waals surface area (Å²) in [7, 11) is 0. The van der Waals surface area contributed by atoms with Gasteiger partial charge >= 0.3 is 6.18 Å². The first-order chi connectivity index (χ1) is 19.5. The van der Waals surface area contributed by atoms with Crippen LogP contribution in [0, 0.1) is 18.6 Å². The maximum atomic E-state index is 15.0. The summed E-state index contributed by atoms with van der Waals surface area (Å²) >= 11 is 0. The number of pyridine rings is 1. The molecule has 0 bridgehead atoms. The minimum absolute atomic E-state index is 0.00550. The van der Waals surface area contributed by atoms with Gasteiger partial charge in [0.1, 0.15) is 28.9 Å². The molecule has 13 heteroatoms. The molecule has 1 unspecified atom stereocenters. The lowest BCUT2D eigenvalue weighted by Crippen LogP contribution is -2.50. The molecule has 0 saturated carbocycles. The zero-order valence-corrected chi connectivity index (χ0v) is 23.2. The Morgan fingerprint density at radius 1 is 0.951 bits per heavy atom. The number of rotatable bonds is 7. The van der Waals surface area contributed by atoms with Gasteiger partial charge in [-0.15, -0.1) is 0 Å². The van der Waals surface area contributed by atoms with Gasteiger partial charge in [-0.2, -0.15) is 13.2 Å². The molecule has 1 aliphatic rings. The summed E-state index contributed by atoms with van der Waals surface area (Å²) in [5.41, 5.74) is 0.764. The molecule has 0 spiro atoms. The third kappa shape index (κ3) is 5.87. The van der Waals surface area contributed by atoms with Crippen LogP contribution in [0.4, 0.5) is 33.7 Å². The number of aryl methyl sites for hydroxylation is 1. The molecule has 0 aliphatic carbocycles. The summed E-state index contributed by atoms with van der Waals surface area (Å²) in [6.45, 7) is 10.2. The Labute approximate surface area is 234 Å². The van der Waals surface area contributed by atoms with E-state index in [0.717, 1.165) is 12.7 Å². The van der Waals surface area contributed by atoms with Gasteiger partial charge < -0.3 is 14.8 Å². The van der Waals surface area contributed by atoms with Gasteiger partial charge in [0, 0.05) is 44.0 Å². The van der Waals surface area contributed by atoms with E-state index >= 15 is 0 Å². The van der Waals surface area contributed by atoms with E-state index in [9.17, 15) is 22.0 Å². The first-order valence-electron chi connectivity index (χ1n) is 13.4. The summed E-state index contributed by atoms with van der Waals surface area (Å²) < 4.78 is 73.9. The number of hydrogen-bond donors (Lipinski definition) is 1. The number of anilines is 2. The highest BCUT2D eigenvalue weighted by molar-refractivity contribution is 5.83. The van der Waals surface area contributed by atoms with Gasteiger partial charge in [0.15, 0.2) is 11.6 Å². The fraction of sp³-hybridized carbons (Fsp3) is 0.429. The first-order valence-corrected chi connectivity index (χ1v) is 13.4. The minimum atomic E-state index is -4.47. The topological polar surface area (TPSA) is 75.0 Å². The fourth-order valence-electron chi connectivity index (χ4n) is 5.39. The molecular weight excluding hydrogens is 543 g/mol. The molecule has 0 radical (unpaired) electrons. The van der Waals surface area contributed by atoms with E-state index in [0.29, 0.717) is 37.5 Å². The van der Waals surface area contributed by atoms with E-state index in [2.05, 4.69) is 30.2 Å². The molecule has 5 rings (SSSR count). The van der Waals surface area contributed by atoms with E-state index in [1.807, 2.05) is 25.3 Å². The molecule has 1 fully saturated rings.